The van der Waals surface area contributed by atoms with E-state index in [1.54, 1.807) is 6.20 Å². The quantitative estimate of drug-likeness (QED) is 0.798. The number of hydrogen-bond acceptors (Lipinski definition) is 5. The van der Waals surface area contributed by atoms with Gasteiger partial charge in [-0.05, 0) is 43.9 Å². The number of fused-ring (bicyclic) bond motifs is 1. The average Bonchev–Trinajstić information content (AvgIpc) is 3.09. The van der Waals surface area contributed by atoms with E-state index in [2.05, 4.69) is 40.6 Å². The first kappa shape index (κ1) is 16.2. The molecule has 2 aromatic rings. The summed E-state index contributed by atoms with van der Waals surface area (Å²) < 4.78 is 1.95. The molecule has 0 spiro atoms. The van der Waals surface area contributed by atoms with Crippen LogP contribution in [0.3, 0.4) is 0 Å². The van der Waals surface area contributed by atoms with E-state index in [0.717, 1.165) is 42.9 Å². The highest BCUT2D eigenvalue weighted by Crippen LogP contribution is 2.36. The second-order valence-corrected chi connectivity index (χ2v) is 7.20. The van der Waals surface area contributed by atoms with Crippen molar-refractivity contribution in [1.82, 2.24) is 9.66 Å². The first-order chi connectivity index (χ1) is 12.1. The zero-order valence-electron chi connectivity index (χ0n) is 14.6. The maximum atomic E-state index is 6.86. The summed E-state index contributed by atoms with van der Waals surface area (Å²) in [7, 11) is 2.06. The van der Waals surface area contributed by atoms with Gasteiger partial charge >= 0.3 is 0 Å². The largest absolute Gasteiger partial charge is 0.342 e. The van der Waals surface area contributed by atoms with Crippen LogP contribution in [-0.2, 0) is 0 Å². The third-order valence-electron chi connectivity index (χ3n) is 5.51. The summed E-state index contributed by atoms with van der Waals surface area (Å²) in [5.41, 5.74) is 17.9. The number of aromatic nitrogens is 2. The molecule has 1 atom stereocenters. The van der Waals surface area contributed by atoms with E-state index in [1.807, 2.05) is 29.1 Å². The Hall–Kier alpha value is -2.31. The first-order valence-electron chi connectivity index (χ1n) is 8.95. The smallest absolute Gasteiger partial charge is 0.175 e. The predicted molar refractivity (Wildman–Crippen MR) is 101 cm³/mol. The molecule has 2 heterocycles. The van der Waals surface area contributed by atoms with Gasteiger partial charge in [0.25, 0.3) is 0 Å². The highest BCUT2D eigenvalue weighted by molar-refractivity contribution is 5.78. The minimum absolute atomic E-state index is 0.308. The lowest BCUT2D eigenvalue weighted by molar-refractivity contribution is 0.238. The Bertz CT molecular complexity index is 759. The monoisotopic (exact) mass is 338 g/mol. The molecule has 4 rings (SSSR count). The molecule has 1 aromatic carbocycles. The topological polar surface area (TPSA) is 85.1 Å². The van der Waals surface area contributed by atoms with E-state index < -0.39 is 5.66 Å². The van der Waals surface area contributed by atoms with Gasteiger partial charge in [-0.3, -0.25) is 0 Å². The van der Waals surface area contributed by atoms with Crippen molar-refractivity contribution in [3.8, 4) is 0 Å². The zero-order chi connectivity index (χ0) is 17.4. The summed E-state index contributed by atoms with van der Waals surface area (Å²) >= 11 is 0. The third-order valence-corrected chi connectivity index (χ3v) is 5.51. The van der Waals surface area contributed by atoms with Crippen molar-refractivity contribution < 1.29 is 0 Å². The van der Waals surface area contributed by atoms with Gasteiger partial charge in [0.2, 0.25) is 0 Å². The molecular weight excluding hydrogens is 312 g/mol. The molecule has 25 heavy (non-hydrogen) atoms. The second kappa shape index (κ2) is 6.20. The number of nitrogens with two attached hydrogens (primary N) is 2. The number of imidazole rings is 1. The van der Waals surface area contributed by atoms with Gasteiger partial charge in [-0.1, -0.05) is 18.2 Å². The van der Waals surface area contributed by atoms with Gasteiger partial charge in [0, 0.05) is 37.1 Å². The van der Waals surface area contributed by atoms with Crippen LogP contribution in [-0.4, -0.2) is 28.4 Å². The van der Waals surface area contributed by atoms with E-state index >= 15 is 0 Å². The van der Waals surface area contributed by atoms with Crippen molar-refractivity contribution >= 4 is 11.4 Å². The maximum absolute atomic E-state index is 6.86. The van der Waals surface area contributed by atoms with Crippen molar-refractivity contribution in [2.75, 3.05) is 17.4 Å². The van der Waals surface area contributed by atoms with E-state index in [1.165, 1.54) is 0 Å². The van der Waals surface area contributed by atoms with Crippen LogP contribution in [0.5, 0.6) is 0 Å². The van der Waals surface area contributed by atoms with Gasteiger partial charge in [0.15, 0.2) is 5.82 Å². The lowest BCUT2D eigenvalue weighted by Crippen LogP contribution is -2.59. The molecule has 1 aliphatic carbocycles. The third kappa shape index (κ3) is 2.92. The second-order valence-electron chi connectivity index (χ2n) is 7.20. The molecule has 0 bridgehead atoms. The summed E-state index contributed by atoms with van der Waals surface area (Å²) in [5, 5.41) is 0. The van der Waals surface area contributed by atoms with Crippen molar-refractivity contribution in [2.24, 2.45) is 17.4 Å². The Morgan fingerprint density at radius 2 is 1.92 bits per heavy atom. The predicted octanol–water partition coefficient (Wildman–Crippen LogP) is 2.09. The minimum Gasteiger partial charge on any atom is -0.342 e. The van der Waals surface area contributed by atoms with Crippen LogP contribution >= 0.6 is 0 Å². The van der Waals surface area contributed by atoms with Crippen LogP contribution in [0, 0.1) is 5.92 Å². The number of hydrogen-bond donors (Lipinski definition) is 3. The number of nitrogens with zero attached hydrogens (tertiary/aromatic N) is 3. The number of anilines is 1. The Kier molecular flexibility index (Phi) is 4.01. The standard InChI is InChI=1S/C19H26N6/c1-24(16-5-3-2-4-6-16)17-13-19(21,14-7-9-15(20)10-8-14)23-25-12-11-22-18(17)25/h2-6,11-15,23H,7-10,20-21H2,1H3. The van der Waals surface area contributed by atoms with Crippen LogP contribution in [0.2, 0.25) is 0 Å². The molecule has 0 radical (unpaired) electrons. The number of rotatable bonds is 3. The minimum atomic E-state index is -0.605. The molecule has 132 valence electrons. The maximum Gasteiger partial charge on any atom is 0.175 e. The molecule has 1 unspecified atom stereocenters. The molecule has 0 saturated heterocycles. The molecule has 6 heteroatoms. The fraction of sp³-hybridized carbons (Fsp3) is 0.421. The van der Waals surface area contributed by atoms with E-state index in [4.69, 9.17) is 11.5 Å². The van der Waals surface area contributed by atoms with Gasteiger partial charge in [-0.15, -0.1) is 0 Å². The molecule has 1 fully saturated rings. The van der Waals surface area contributed by atoms with E-state index in [0.29, 0.717) is 12.0 Å². The SMILES string of the molecule is CN(C1=CC(N)(C2CCC(N)CC2)Nn2ccnc21)c1ccccc1. The van der Waals surface area contributed by atoms with Crippen LogP contribution in [0.1, 0.15) is 31.5 Å². The van der Waals surface area contributed by atoms with Crippen molar-refractivity contribution in [2.45, 2.75) is 37.4 Å². The van der Waals surface area contributed by atoms with Crippen molar-refractivity contribution in [3.05, 3.63) is 54.6 Å². The highest BCUT2D eigenvalue weighted by Gasteiger charge is 2.40. The zero-order valence-corrected chi connectivity index (χ0v) is 14.6. The van der Waals surface area contributed by atoms with Crippen LogP contribution < -0.4 is 21.8 Å². The molecule has 2 aliphatic rings. The summed E-state index contributed by atoms with van der Waals surface area (Å²) in [5.74, 6) is 1.22. The molecule has 1 saturated carbocycles. The normalized spacial score (nSPS) is 28.7. The van der Waals surface area contributed by atoms with Crippen LogP contribution in [0.15, 0.2) is 48.8 Å². The average molecular weight is 338 g/mol. The molecule has 1 aromatic heterocycles. The summed E-state index contributed by atoms with van der Waals surface area (Å²) in [6.07, 6.45) is 10.00. The van der Waals surface area contributed by atoms with E-state index in [-0.39, 0.29) is 0 Å². The molecule has 6 nitrogen and oxygen atoms in total. The Balaban J connectivity index is 1.71. The van der Waals surface area contributed by atoms with Crippen molar-refractivity contribution in [3.63, 3.8) is 0 Å². The van der Waals surface area contributed by atoms with Gasteiger partial charge in [0.05, 0.1) is 5.70 Å². The number of nitrogens with one attached hydrogen (secondary N) is 1. The first-order valence-corrected chi connectivity index (χ1v) is 8.95. The Morgan fingerprint density at radius 3 is 2.64 bits per heavy atom. The van der Waals surface area contributed by atoms with Gasteiger partial charge in [-0.25, -0.2) is 9.66 Å². The van der Waals surface area contributed by atoms with E-state index in [9.17, 15) is 0 Å². The Morgan fingerprint density at radius 1 is 1.20 bits per heavy atom. The van der Waals surface area contributed by atoms with Gasteiger partial charge in [-0.2, -0.15) is 0 Å². The summed E-state index contributed by atoms with van der Waals surface area (Å²) in [6.45, 7) is 0. The highest BCUT2D eigenvalue weighted by atomic mass is 15.5. The lowest BCUT2D eigenvalue weighted by atomic mass is 9.78. The molecule has 0 amide bonds. The van der Waals surface area contributed by atoms with Crippen LogP contribution in [0.25, 0.3) is 5.70 Å². The van der Waals surface area contributed by atoms with Gasteiger partial charge < -0.3 is 21.8 Å². The fourth-order valence-corrected chi connectivity index (χ4v) is 3.96. The molecule has 5 N–H and O–H groups in total. The van der Waals surface area contributed by atoms with Crippen LogP contribution in [0.4, 0.5) is 5.69 Å². The summed E-state index contributed by atoms with van der Waals surface area (Å²) in [4.78, 5) is 6.67. The number of benzene rings is 1. The lowest BCUT2D eigenvalue weighted by Gasteiger charge is -2.43. The fourth-order valence-electron chi connectivity index (χ4n) is 3.96. The van der Waals surface area contributed by atoms with Crippen molar-refractivity contribution in [1.29, 1.82) is 0 Å². The van der Waals surface area contributed by atoms with Gasteiger partial charge in [0.1, 0.15) is 5.66 Å². The molecular formula is C19H26N6. The Labute approximate surface area is 148 Å². The number of para-hydroxylation sites is 1. The summed E-state index contributed by atoms with van der Waals surface area (Å²) in [6, 6.07) is 10.6. The molecule has 1 aliphatic heterocycles.